The molecule has 7 nitrogen and oxygen atoms in total. The van der Waals surface area contributed by atoms with Crippen LogP contribution in [0.5, 0.6) is 11.5 Å². The van der Waals surface area contributed by atoms with Crippen LogP contribution in [0.1, 0.15) is 23.6 Å². The molecule has 2 heterocycles. The van der Waals surface area contributed by atoms with Crippen molar-refractivity contribution in [1.29, 1.82) is 0 Å². The third kappa shape index (κ3) is 5.71. The quantitative estimate of drug-likeness (QED) is 0.677. The van der Waals surface area contributed by atoms with Crippen LogP contribution in [0.15, 0.2) is 35.7 Å². The molecule has 2 amide bonds. The van der Waals surface area contributed by atoms with Gasteiger partial charge in [0.2, 0.25) is 0 Å². The van der Waals surface area contributed by atoms with E-state index in [1.54, 1.807) is 18.2 Å². The number of methoxy groups -OCH3 is 2. The molecule has 1 aliphatic heterocycles. The van der Waals surface area contributed by atoms with Gasteiger partial charge in [0.1, 0.15) is 11.5 Å². The number of likely N-dealkylation sites (tertiary alicyclic amines) is 1. The van der Waals surface area contributed by atoms with Crippen molar-refractivity contribution >= 4 is 28.8 Å². The molecule has 0 radical (unpaired) electrons. The zero-order valence-electron chi connectivity index (χ0n) is 16.8. The molecule has 1 aromatic heterocycles. The van der Waals surface area contributed by atoms with Crippen LogP contribution in [-0.4, -0.2) is 57.1 Å². The number of thiophene rings is 1. The Morgan fingerprint density at radius 2 is 1.93 bits per heavy atom. The highest BCUT2D eigenvalue weighted by Gasteiger charge is 2.21. The van der Waals surface area contributed by atoms with Gasteiger partial charge in [0, 0.05) is 24.0 Å². The van der Waals surface area contributed by atoms with Gasteiger partial charge in [-0.1, -0.05) is 6.07 Å². The molecular weight excluding hydrogens is 390 g/mol. The summed E-state index contributed by atoms with van der Waals surface area (Å²) in [5.74, 6) is 0.272. The number of carbonyl (C=O) groups excluding carboxylic acids is 2. The highest BCUT2D eigenvalue weighted by atomic mass is 32.1. The summed E-state index contributed by atoms with van der Waals surface area (Å²) in [5.41, 5.74) is 0.391. The van der Waals surface area contributed by atoms with E-state index in [4.69, 9.17) is 9.47 Å². The van der Waals surface area contributed by atoms with Crippen molar-refractivity contribution in [2.75, 3.05) is 45.7 Å². The lowest BCUT2D eigenvalue weighted by Gasteiger charge is -2.31. The first-order chi connectivity index (χ1) is 14.1. The Kier molecular flexibility index (Phi) is 7.48. The molecule has 0 spiro atoms. The summed E-state index contributed by atoms with van der Waals surface area (Å²) in [5, 5.41) is 7.40. The third-order valence-corrected chi connectivity index (χ3v) is 6.14. The van der Waals surface area contributed by atoms with Gasteiger partial charge in [-0.3, -0.25) is 9.59 Å². The molecule has 1 aromatic carbocycles. The Balaban J connectivity index is 1.41. The maximum Gasteiger partial charge on any atom is 0.313 e. The van der Waals surface area contributed by atoms with E-state index in [1.807, 2.05) is 11.3 Å². The number of nitrogens with zero attached hydrogens (tertiary/aromatic N) is 1. The number of ether oxygens (including phenoxy) is 2. The van der Waals surface area contributed by atoms with Gasteiger partial charge >= 0.3 is 11.8 Å². The minimum absolute atomic E-state index is 0.391. The number of anilines is 1. The molecule has 0 atom stereocenters. The summed E-state index contributed by atoms with van der Waals surface area (Å²) in [4.78, 5) is 28.1. The number of hydrogen-bond donors (Lipinski definition) is 2. The molecule has 0 bridgehead atoms. The normalized spacial score (nSPS) is 15.0. The average Bonchev–Trinajstić information content (AvgIpc) is 3.29. The predicted molar refractivity (Wildman–Crippen MR) is 114 cm³/mol. The zero-order valence-corrected chi connectivity index (χ0v) is 17.6. The van der Waals surface area contributed by atoms with Crippen LogP contribution in [-0.2, 0) is 9.59 Å². The number of amides is 2. The number of carbonyl (C=O) groups is 2. The van der Waals surface area contributed by atoms with Gasteiger partial charge < -0.3 is 25.0 Å². The van der Waals surface area contributed by atoms with Gasteiger partial charge in [0.25, 0.3) is 0 Å². The fourth-order valence-corrected chi connectivity index (χ4v) is 4.36. The van der Waals surface area contributed by atoms with Gasteiger partial charge in [0.15, 0.2) is 0 Å². The summed E-state index contributed by atoms with van der Waals surface area (Å²) in [6.45, 7) is 3.18. The second-order valence-electron chi connectivity index (χ2n) is 6.91. The topological polar surface area (TPSA) is 79.9 Å². The second kappa shape index (κ2) is 10.3. The summed E-state index contributed by atoms with van der Waals surface area (Å²) >= 11 is 1.82. The maximum atomic E-state index is 12.2. The van der Waals surface area contributed by atoms with E-state index in [1.165, 1.54) is 19.1 Å². The molecule has 2 N–H and O–H groups in total. The van der Waals surface area contributed by atoms with Crippen molar-refractivity contribution < 1.29 is 19.1 Å². The Bertz CT molecular complexity index is 817. The van der Waals surface area contributed by atoms with Crippen LogP contribution in [0.3, 0.4) is 0 Å². The molecule has 0 saturated carbocycles. The molecule has 0 unspecified atom stereocenters. The Morgan fingerprint density at radius 3 is 2.59 bits per heavy atom. The van der Waals surface area contributed by atoms with E-state index in [0.29, 0.717) is 29.6 Å². The fraction of sp³-hybridized carbons (Fsp3) is 0.429. The fourth-order valence-electron chi connectivity index (χ4n) is 3.46. The van der Waals surface area contributed by atoms with Crippen LogP contribution in [0.25, 0.3) is 0 Å². The minimum Gasteiger partial charge on any atom is -0.497 e. The third-order valence-electron chi connectivity index (χ3n) is 5.11. The van der Waals surface area contributed by atoms with Crippen molar-refractivity contribution in [1.82, 2.24) is 10.2 Å². The summed E-state index contributed by atoms with van der Waals surface area (Å²) in [6.07, 6.45) is 2.26. The molecule has 2 aromatic rings. The molecule has 29 heavy (non-hydrogen) atoms. The van der Waals surface area contributed by atoms with Gasteiger partial charge in [0.05, 0.1) is 19.9 Å². The second-order valence-corrected chi connectivity index (χ2v) is 7.89. The van der Waals surface area contributed by atoms with Crippen LogP contribution in [0, 0.1) is 0 Å². The first-order valence-corrected chi connectivity index (χ1v) is 10.6. The van der Waals surface area contributed by atoms with E-state index in [-0.39, 0.29) is 0 Å². The minimum atomic E-state index is -0.729. The number of piperidine rings is 1. The van der Waals surface area contributed by atoms with Crippen molar-refractivity contribution in [3.8, 4) is 11.5 Å². The zero-order chi connectivity index (χ0) is 20.6. The maximum absolute atomic E-state index is 12.2. The van der Waals surface area contributed by atoms with Crippen LogP contribution in [0.2, 0.25) is 0 Å². The molecular formula is C21H27N3O4S. The number of hydrogen-bond acceptors (Lipinski definition) is 6. The smallest absolute Gasteiger partial charge is 0.313 e. The Morgan fingerprint density at radius 1 is 1.14 bits per heavy atom. The first-order valence-electron chi connectivity index (χ1n) is 9.67. The number of benzene rings is 1. The van der Waals surface area contributed by atoms with Crippen LogP contribution in [0.4, 0.5) is 5.69 Å². The molecule has 1 saturated heterocycles. The van der Waals surface area contributed by atoms with Crippen molar-refractivity contribution in [3.05, 3.63) is 40.6 Å². The van der Waals surface area contributed by atoms with Crippen molar-refractivity contribution in [2.24, 2.45) is 0 Å². The van der Waals surface area contributed by atoms with Crippen molar-refractivity contribution in [3.63, 3.8) is 0 Å². The molecule has 1 fully saturated rings. The van der Waals surface area contributed by atoms with Gasteiger partial charge in [-0.05, 0) is 55.4 Å². The number of rotatable bonds is 7. The van der Waals surface area contributed by atoms with Crippen molar-refractivity contribution in [2.45, 2.75) is 18.8 Å². The van der Waals surface area contributed by atoms with Gasteiger partial charge in [-0.15, -0.1) is 11.3 Å². The average molecular weight is 418 g/mol. The number of nitrogens with one attached hydrogen (secondary N) is 2. The SMILES string of the molecule is COc1ccc(OC)c(NC(=O)C(=O)NCCN2CCC(c3cccs3)CC2)c1. The van der Waals surface area contributed by atoms with E-state index in [0.717, 1.165) is 32.5 Å². The lowest BCUT2D eigenvalue weighted by atomic mass is 9.95. The monoisotopic (exact) mass is 417 g/mol. The summed E-state index contributed by atoms with van der Waals surface area (Å²) in [7, 11) is 3.03. The highest BCUT2D eigenvalue weighted by Crippen LogP contribution is 2.31. The molecule has 1 aliphatic rings. The van der Waals surface area contributed by atoms with E-state index in [9.17, 15) is 9.59 Å². The van der Waals surface area contributed by atoms with Crippen LogP contribution < -0.4 is 20.1 Å². The van der Waals surface area contributed by atoms with Gasteiger partial charge in [-0.2, -0.15) is 0 Å². The predicted octanol–water partition coefficient (Wildman–Crippen LogP) is 2.70. The lowest BCUT2D eigenvalue weighted by Crippen LogP contribution is -2.42. The van der Waals surface area contributed by atoms with Crippen LogP contribution >= 0.6 is 11.3 Å². The molecule has 3 rings (SSSR count). The van der Waals surface area contributed by atoms with E-state index >= 15 is 0 Å². The van der Waals surface area contributed by atoms with E-state index < -0.39 is 11.8 Å². The standard InChI is InChI=1S/C21H27N3O4S/c1-27-16-5-6-18(28-2)17(14-16)23-21(26)20(25)22-9-12-24-10-7-15(8-11-24)19-4-3-13-29-19/h3-6,13-15H,7-12H2,1-2H3,(H,22,25)(H,23,26). The summed E-state index contributed by atoms with van der Waals surface area (Å²) < 4.78 is 10.4. The summed E-state index contributed by atoms with van der Waals surface area (Å²) in [6, 6.07) is 9.32. The highest BCUT2D eigenvalue weighted by molar-refractivity contribution is 7.10. The molecule has 0 aliphatic carbocycles. The first kappa shape index (κ1) is 21.1. The molecule has 8 heteroatoms. The molecule has 156 valence electrons. The van der Waals surface area contributed by atoms with Gasteiger partial charge in [-0.25, -0.2) is 0 Å². The largest absolute Gasteiger partial charge is 0.497 e. The Labute approximate surface area is 175 Å². The lowest BCUT2D eigenvalue weighted by molar-refractivity contribution is -0.136. The van der Waals surface area contributed by atoms with E-state index in [2.05, 4.69) is 33.0 Å². The Hall–Kier alpha value is -2.58.